The molecule has 0 saturated carbocycles. The lowest BCUT2D eigenvalue weighted by atomic mass is 10.0. The van der Waals surface area contributed by atoms with Crippen LogP contribution in [0, 0.1) is 0 Å². The number of ether oxygens (including phenoxy) is 4. The van der Waals surface area contributed by atoms with Crippen LogP contribution in [0.15, 0.2) is 84.2 Å². The molecule has 1 unspecified atom stereocenters. The van der Waals surface area contributed by atoms with E-state index in [9.17, 15) is 4.79 Å². The van der Waals surface area contributed by atoms with Crippen LogP contribution in [0.25, 0.3) is 5.57 Å². The van der Waals surface area contributed by atoms with Crippen LogP contribution in [-0.2, 0) is 25.7 Å². The van der Waals surface area contributed by atoms with Gasteiger partial charge in [-0.25, -0.2) is 4.79 Å². The fraction of sp³-hybridized carbons (Fsp3) is 0.241. The van der Waals surface area contributed by atoms with Crippen LogP contribution >= 0.6 is 0 Å². The molecule has 7 nitrogen and oxygen atoms in total. The molecule has 0 heterocycles. The molecule has 3 aromatic carbocycles. The van der Waals surface area contributed by atoms with E-state index in [1.54, 1.807) is 7.11 Å². The minimum absolute atomic E-state index is 0.184. The van der Waals surface area contributed by atoms with Crippen molar-refractivity contribution in [1.29, 1.82) is 0 Å². The number of carbonyl (C=O) groups is 1. The Morgan fingerprint density at radius 2 is 1.67 bits per heavy atom. The molecule has 0 aliphatic heterocycles. The molecule has 0 aliphatic rings. The van der Waals surface area contributed by atoms with Gasteiger partial charge in [0.2, 0.25) is 0 Å². The Morgan fingerprint density at radius 1 is 0.944 bits per heavy atom. The minimum atomic E-state index is -0.500. The predicted octanol–water partition coefficient (Wildman–Crippen LogP) is 5.94. The van der Waals surface area contributed by atoms with Gasteiger partial charge in [0, 0.05) is 5.56 Å². The van der Waals surface area contributed by atoms with Crippen LogP contribution in [0.2, 0.25) is 0 Å². The Bertz CT molecular complexity index is 1220. The maximum absolute atomic E-state index is 12.3. The Hall–Kier alpha value is -4.26. The zero-order valence-corrected chi connectivity index (χ0v) is 21.2. The molecule has 0 spiro atoms. The maximum atomic E-state index is 12.3. The summed E-state index contributed by atoms with van der Waals surface area (Å²) in [5.74, 6) is 0.606. The number of hydrogen-bond donors (Lipinski definition) is 0. The molecule has 0 radical (unpaired) electrons. The third-order valence-corrected chi connectivity index (χ3v) is 5.53. The van der Waals surface area contributed by atoms with Crippen molar-refractivity contribution in [1.82, 2.24) is 0 Å². The zero-order valence-electron chi connectivity index (χ0n) is 21.2. The second kappa shape index (κ2) is 13.0. The molecule has 0 aromatic heterocycles. The molecule has 3 rings (SSSR count). The molecule has 0 saturated heterocycles. The summed E-state index contributed by atoms with van der Waals surface area (Å²) in [6.07, 6.45) is 1.18. The second-order valence-corrected chi connectivity index (χ2v) is 7.91. The van der Waals surface area contributed by atoms with Crippen LogP contribution in [-0.4, -0.2) is 33.0 Å². The molecule has 36 heavy (non-hydrogen) atoms. The van der Waals surface area contributed by atoms with Crippen molar-refractivity contribution in [3.63, 3.8) is 0 Å². The summed E-state index contributed by atoms with van der Waals surface area (Å²) < 4.78 is 21.6. The molecule has 0 amide bonds. The van der Waals surface area contributed by atoms with E-state index in [0.717, 1.165) is 16.7 Å². The van der Waals surface area contributed by atoms with Crippen molar-refractivity contribution in [3.05, 3.63) is 101 Å². The van der Waals surface area contributed by atoms with Crippen molar-refractivity contribution in [2.45, 2.75) is 26.6 Å². The van der Waals surface area contributed by atoms with E-state index in [-0.39, 0.29) is 12.7 Å². The van der Waals surface area contributed by atoms with Crippen molar-refractivity contribution >= 4 is 17.3 Å². The number of rotatable bonds is 11. The first kappa shape index (κ1) is 26.3. The first-order valence-electron chi connectivity index (χ1n) is 11.4. The molecule has 0 aliphatic carbocycles. The highest BCUT2D eigenvalue weighted by molar-refractivity contribution is 6.16. The molecule has 188 valence electrons. The number of esters is 1. The van der Waals surface area contributed by atoms with Gasteiger partial charge in [-0.2, -0.15) is 0 Å². The first-order chi connectivity index (χ1) is 17.5. The van der Waals surface area contributed by atoms with Gasteiger partial charge < -0.3 is 23.8 Å². The van der Waals surface area contributed by atoms with Gasteiger partial charge in [-0.05, 0) is 48.7 Å². The summed E-state index contributed by atoms with van der Waals surface area (Å²) >= 11 is 0. The smallest absolute Gasteiger partial charge is 0.341 e. The highest BCUT2D eigenvalue weighted by Crippen LogP contribution is 2.30. The molecule has 0 fully saturated rings. The van der Waals surface area contributed by atoms with Gasteiger partial charge in [0.1, 0.15) is 18.3 Å². The van der Waals surface area contributed by atoms with Crippen LogP contribution in [0.3, 0.4) is 0 Å². The van der Waals surface area contributed by atoms with Crippen LogP contribution in [0.5, 0.6) is 11.5 Å². The summed E-state index contributed by atoms with van der Waals surface area (Å²) in [6, 6.07) is 22.9. The average Bonchev–Trinajstić information content (AvgIpc) is 2.93. The van der Waals surface area contributed by atoms with Gasteiger partial charge >= 0.3 is 5.97 Å². The lowest BCUT2D eigenvalue weighted by Crippen LogP contribution is -2.08. The number of oxime groups is 1. The normalized spacial score (nSPS) is 12.5. The minimum Gasteiger partial charge on any atom is -0.503 e. The lowest BCUT2D eigenvalue weighted by Gasteiger charge is -2.15. The van der Waals surface area contributed by atoms with Gasteiger partial charge in [0.15, 0.2) is 11.5 Å². The van der Waals surface area contributed by atoms with E-state index in [4.69, 9.17) is 23.8 Å². The maximum Gasteiger partial charge on any atom is 0.341 e. The van der Waals surface area contributed by atoms with E-state index in [1.165, 1.54) is 20.5 Å². The Morgan fingerprint density at radius 3 is 2.36 bits per heavy atom. The average molecular weight is 490 g/mol. The van der Waals surface area contributed by atoms with Crippen molar-refractivity contribution < 1.29 is 28.6 Å². The Balaban J connectivity index is 1.81. The molecule has 1 atom stereocenters. The molecule has 7 heteroatoms. The number of nitrogens with zero attached hydrogens (tertiary/aromatic N) is 1. The predicted molar refractivity (Wildman–Crippen MR) is 139 cm³/mol. The second-order valence-electron chi connectivity index (χ2n) is 7.91. The van der Waals surface area contributed by atoms with Gasteiger partial charge in [-0.1, -0.05) is 59.8 Å². The monoisotopic (exact) mass is 489 g/mol. The number of carbonyl (C=O) groups excluding carboxylic acids is 1. The lowest BCUT2D eigenvalue weighted by molar-refractivity contribution is -0.133. The van der Waals surface area contributed by atoms with Gasteiger partial charge in [0.25, 0.3) is 0 Å². The number of hydrogen-bond acceptors (Lipinski definition) is 7. The van der Waals surface area contributed by atoms with Crippen molar-refractivity contribution in [2.24, 2.45) is 5.16 Å². The van der Waals surface area contributed by atoms with E-state index >= 15 is 0 Å². The summed E-state index contributed by atoms with van der Waals surface area (Å²) in [6.45, 7) is 4.01. The van der Waals surface area contributed by atoms with Gasteiger partial charge in [-0.3, -0.25) is 0 Å². The number of methoxy groups -OCH3 is 3. The Kier molecular flexibility index (Phi) is 9.51. The summed E-state index contributed by atoms with van der Waals surface area (Å²) in [5.41, 5.74) is 4.30. The molecular formula is C29H31NO6. The third-order valence-electron chi connectivity index (χ3n) is 5.53. The first-order valence-corrected chi connectivity index (χ1v) is 11.4. The van der Waals surface area contributed by atoms with Gasteiger partial charge in [-0.15, -0.1) is 0 Å². The molecule has 0 N–H and O–H groups in total. The van der Waals surface area contributed by atoms with Crippen LogP contribution in [0.1, 0.15) is 42.2 Å². The van der Waals surface area contributed by atoms with Crippen molar-refractivity contribution in [3.8, 4) is 11.5 Å². The summed E-state index contributed by atoms with van der Waals surface area (Å²) in [7, 11) is 4.39. The third kappa shape index (κ3) is 6.66. The van der Waals surface area contributed by atoms with Gasteiger partial charge in [0.05, 0.1) is 33.3 Å². The fourth-order valence-corrected chi connectivity index (χ4v) is 3.52. The summed E-state index contributed by atoms with van der Waals surface area (Å²) in [4.78, 5) is 18.0. The van der Waals surface area contributed by atoms with E-state index in [2.05, 4.69) is 5.16 Å². The molecule has 3 aromatic rings. The van der Waals surface area contributed by atoms with Crippen molar-refractivity contribution in [2.75, 3.05) is 21.3 Å². The van der Waals surface area contributed by atoms with Crippen LogP contribution < -0.4 is 9.47 Å². The van der Waals surface area contributed by atoms with E-state index in [1.807, 2.05) is 86.6 Å². The highest BCUT2D eigenvalue weighted by Gasteiger charge is 2.18. The van der Waals surface area contributed by atoms with E-state index < -0.39 is 5.97 Å². The number of benzene rings is 3. The molecule has 0 bridgehead atoms. The Labute approximate surface area is 211 Å². The fourth-order valence-electron chi connectivity index (χ4n) is 3.52. The quantitative estimate of drug-likeness (QED) is 0.109. The molecular weight excluding hydrogens is 458 g/mol. The standard InChI is InChI=1S/C29H31NO6/c1-20(30-36-21(2)22-11-7-6-8-12-22)23-15-16-27(33-4)28(17-23)35-18-24-13-9-10-14-25(24)26(19-32-3)29(31)34-5/h6-17,19,21H,18H2,1-5H3/b26-19-,30-20+. The summed E-state index contributed by atoms with van der Waals surface area (Å²) in [5, 5.41) is 4.32. The van der Waals surface area contributed by atoms with E-state index in [0.29, 0.717) is 28.3 Å². The zero-order chi connectivity index (χ0) is 25.9. The topological polar surface area (TPSA) is 75.6 Å². The van der Waals surface area contributed by atoms with Crippen LogP contribution in [0.4, 0.5) is 0 Å². The highest BCUT2D eigenvalue weighted by atomic mass is 16.6. The largest absolute Gasteiger partial charge is 0.503 e. The SMILES string of the molecule is CO/C=C(\C(=O)OC)c1ccccc1COc1cc(/C(C)=N/OC(C)c2ccccc2)ccc1OC.